The molecule has 1 aliphatic rings. The molecule has 154 valence electrons. The first-order valence-corrected chi connectivity index (χ1v) is 10.1. The summed E-state index contributed by atoms with van der Waals surface area (Å²) in [6.45, 7) is 5.26. The lowest BCUT2D eigenvalue weighted by molar-refractivity contribution is -1.02. The van der Waals surface area contributed by atoms with E-state index >= 15 is 0 Å². The number of para-hydroxylation sites is 1. The SMILES string of the molecule is CNC(=O)NC(=O)[C@@H](c1ccccc1)[NH+]1CC[NH+](CCOc2ccccc2)CC1. The molecular weight excluding hydrogens is 368 g/mol. The average Bonchev–Trinajstić information content (AvgIpc) is 2.76. The van der Waals surface area contributed by atoms with Crippen LogP contribution >= 0.6 is 0 Å². The van der Waals surface area contributed by atoms with Crippen LogP contribution in [0.4, 0.5) is 4.79 Å². The van der Waals surface area contributed by atoms with E-state index < -0.39 is 12.1 Å². The molecule has 4 N–H and O–H groups in total. The van der Waals surface area contributed by atoms with Gasteiger partial charge in [-0.2, -0.15) is 0 Å². The number of imide groups is 1. The number of rotatable bonds is 7. The number of benzene rings is 2. The number of carbonyl (C=O) groups is 2. The second-order valence-electron chi connectivity index (χ2n) is 7.23. The quantitative estimate of drug-likeness (QED) is 0.486. The highest BCUT2D eigenvalue weighted by molar-refractivity contribution is 5.96. The number of hydrogen-bond donors (Lipinski definition) is 4. The maximum atomic E-state index is 12.8. The van der Waals surface area contributed by atoms with Crippen molar-refractivity contribution in [1.29, 1.82) is 0 Å². The molecule has 2 aromatic carbocycles. The van der Waals surface area contributed by atoms with E-state index in [0.717, 1.165) is 44.0 Å². The van der Waals surface area contributed by atoms with Crippen molar-refractivity contribution in [1.82, 2.24) is 10.6 Å². The Morgan fingerprint density at radius 3 is 2.21 bits per heavy atom. The number of piperazine rings is 1. The topological polar surface area (TPSA) is 76.3 Å². The van der Waals surface area contributed by atoms with Gasteiger partial charge in [-0.05, 0) is 12.1 Å². The Morgan fingerprint density at radius 1 is 0.966 bits per heavy atom. The lowest BCUT2D eigenvalue weighted by atomic mass is 10.0. The van der Waals surface area contributed by atoms with E-state index in [0.29, 0.717) is 6.61 Å². The van der Waals surface area contributed by atoms with Gasteiger partial charge in [-0.1, -0.05) is 48.5 Å². The Kier molecular flexibility index (Phi) is 7.61. The van der Waals surface area contributed by atoms with Gasteiger partial charge < -0.3 is 19.9 Å². The fourth-order valence-electron chi connectivity index (χ4n) is 3.76. The molecule has 2 aromatic rings. The molecule has 0 aliphatic carbocycles. The smallest absolute Gasteiger partial charge is 0.321 e. The summed E-state index contributed by atoms with van der Waals surface area (Å²) in [5, 5.41) is 4.90. The molecule has 0 aromatic heterocycles. The van der Waals surface area contributed by atoms with Crippen LogP contribution in [0.2, 0.25) is 0 Å². The number of quaternary nitrogens is 2. The first kappa shape index (κ1) is 20.8. The van der Waals surface area contributed by atoms with E-state index in [4.69, 9.17) is 4.74 Å². The number of amides is 3. The van der Waals surface area contributed by atoms with Crippen molar-refractivity contribution >= 4 is 11.9 Å². The summed E-state index contributed by atoms with van der Waals surface area (Å²) in [4.78, 5) is 27.1. The number of urea groups is 1. The molecule has 0 radical (unpaired) electrons. The van der Waals surface area contributed by atoms with Crippen LogP contribution in [-0.4, -0.2) is 58.3 Å². The highest BCUT2D eigenvalue weighted by atomic mass is 16.5. The van der Waals surface area contributed by atoms with Crippen LogP contribution in [0.15, 0.2) is 60.7 Å². The van der Waals surface area contributed by atoms with Gasteiger partial charge in [0.05, 0.1) is 0 Å². The lowest BCUT2D eigenvalue weighted by Gasteiger charge is -2.34. The molecule has 1 atom stereocenters. The molecule has 1 saturated heterocycles. The van der Waals surface area contributed by atoms with Crippen LogP contribution in [0.5, 0.6) is 5.75 Å². The minimum absolute atomic E-state index is 0.263. The summed E-state index contributed by atoms with van der Waals surface area (Å²) in [7, 11) is 1.51. The molecule has 1 fully saturated rings. The van der Waals surface area contributed by atoms with Gasteiger partial charge in [-0.15, -0.1) is 0 Å². The zero-order valence-corrected chi connectivity index (χ0v) is 16.8. The second kappa shape index (κ2) is 10.6. The van der Waals surface area contributed by atoms with Crippen molar-refractivity contribution < 1.29 is 24.1 Å². The summed E-state index contributed by atoms with van der Waals surface area (Å²) >= 11 is 0. The summed E-state index contributed by atoms with van der Waals surface area (Å²) in [6, 6.07) is 18.7. The molecule has 7 nitrogen and oxygen atoms in total. The van der Waals surface area contributed by atoms with E-state index in [2.05, 4.69) is 10.6 Å². The van der Waals surface area contributed by atoms with Crippen molar-refractivity contribution in [2.24, 2.45) is 0 Å². The van der Waals surface area contributed by atoms with E-state index in [-0.39, 0.29) is 5.91 Å². The minimum atomic E-state index is -0.474. The summed E-state index contributed by atoms with van der Waals surface area (Å²) in [5.41, 5.74) is 0.930. The van der Waals surface area contributed by atoms with Crippen LogP contribution in [0, 0.1) is 0 Å². The third-order valence-electron chi connectivity index (χ3n) is 5.33. The number of nitrogens with one attached hydrogen (secondary N) is 4. The first-order valence-electron chi connectivity index (χ1n) is 10.1. The van der Waals surface area contributed by atoms with Crippen LogP contribution in [0.1, 0.15) is 11.6 Å². The van der Waals surface area contributed by atoms with Gasteiger partial charge >= 0.3 is 6.03 Å². The normalized spacial score (nSPS) is 19.8. The number of hydrogen-bond acceptors (Lipinski definition) is 3. The summed E-state index contributed by atoms with van der Waals surface area (Å²) < 4.78 is 5.81. The van der Waals surface area contributed by atoms with Crippen LogP contribution < -0.4 is 25.2 Å². The second-order valence-corrected chi connectivity index (χ2v) is 7.23. The standard InChI is InChI=1S/C22H28N4O3/c1-23-22(28)24-21(27)20(18-8-4-2-5-9-18)26-14-12-25(13-15-26)16-17-29-19-10-6-3-7-11-19/h2-11,20H,12-17H2,1H3,(H2,23,24,27,28)/p+2/t20-/m1/s1. The van der Waals surface area contributed by atoms with Gasteiger partial charge in [0.2, 0.25) is 0 Å². The molecule has 0 unspecified atom stereocenters. The zero-order valence-electron chi connectivity index (χ0n) is 16.8. The Hall–Kier alpha value is -2.90. The van der Waals surface area contributed by atoms with E-state index in [1.807, 2.05) is 60.7 Å². The van der Waals surface area contributed by atoms with Gasteiger partial charge in [0, 0.05) is 12.6 Å². The Labute approximate surface area is 171 Å². The number of carbonyl (C=O) groups excluding carboxylic acids is 2. The molecule has 29 heavy (non-hydrogen) atoms. The molecule has 3 rings (SSSR count). The fourth-order valence-corrected chi connectivity index (χ4v) is 3.76. The highest BCUT2D eigenvalue weighted by Crippen LogP contribution is 2.10. The molecule has 7 heteroatoms. The summed E-state index contributed by atoms with van der Waals surface area (Å²) in [6.07, 6.45) is 0. The van der Waals surface area contributed by atoms with Gasteiger partial charge in [-0.3, -0.25) is 10.1 Å². The van der Waals surface area contributed by atoms with Crippen molar-refractivity contribution in [2.75, 3.05) is 46.4 Å². The van der Waals surface area contributed by atoms with Crippen molar-refractivity contribution in [3.8, 4) is 5.75 Å². The third kappa shape index (κ3) is 6.04. The number of ether oxygens (including phenoxy) is 1. The van der Waals surface area contributed by atoms with E-state index in [1.165, 1.54) is 16.8 Å². The largest absolute Gasteiger partial charge is 0.488 e. The molecule has 0 saturated carbocycles. The monoisotopic (exact) mass is 398 g/mol. The average molecular weight is 399 g/mol. The third-order valence-corrected chi connectivity index (χ3v) is 5.33. The van der Waals surface area contributed by atoms with Crippen LogP contribution in [-0.2, 0) is 4.79 Å². The van der Waals surface area contributed by atoms with E-state index in [1.54, 1.807) is 0 Å². The Morgan fingerprint density at radius 2 is 1.59 bits per heavy atom. The zero-order chi connectivity index (χ0) is 20.5. The predicted octanol–water partition coefficient (Wildman–Crippen LogP) is -0.954. The Bertz CT molecular complexity index is 777. The van der Waals surface area contributed by atoms with Crippen molar-refractivity contribution in [2.45, 2.75) is 6.04 Å². The predicted molar refractivity (Wildman–Crippen MR) is 110 cm³/mol. The van der Waals surface area contributed by atoms with Gasteiger partial charge in [0.15, 0.2) is 6.04 Å². The van der Waals surface area contributed by atoms with Gasteiger partial charge in [0.1, 0.15) is 45.1 Å². The Balaban J connectivity index is 1.55. The maximum absolute atomic E-state index is 12.8. The van der Waals surface area contributed by atoms with E-state index in [9.17, 15) is 9.59 Å². The lowest BCUT2D eigenvalue weighted by Crippen LogP contribution is -3.28. The molecule has 0 bridgehead atoms. The molecule has 1 aliphatic heterocycles. The molecule has 1 heterocycles. The van der Waals surface area contributed by atoms with Crippen molar-refractivity contribution in [3.63, 3.8) is 0 Å². The maximum Gasteiger partial charge on any atom is 0.321 e. The molecular formula is C22H30N4O3+2. The molecule has 3 amide bonds. The van der Waals surface area contributed by atoms with Crippen molar-refractivity contribution in [3.05, 3.63) is 66.2 Å². The summed E-state index contributed by atoms with van der Waals surface area (Å²) in [5.74, 6) is 0.632. The highest BCUT2D eigenvalue weighted by Gasteiger charge is 2.36. The van der Waals surface area contributed by atoms with Gasteiger partial charge in [-0.25, -0.2) is 4.79 Å². The fraction of sp³-hybridized carbons (Fsp3) is 0.364. The first-order chi connectivity index (χ1) is 14.2. The van der Waals surface area contributed by atoms with Crippen LogP contribution in [0.3, 0.4) is 0 Å². The molecule has 0 spiro atoms. The van der Waals surface area contributed by atoms with Crippen LogP contribution in [0.25, 0.3) is 0 Å². The van der Waals surface area contributed by atoms with Gasteiger partial charge in [0.25, 0.3) is 5.91 Å². The minimum Gasteiger partial charge on any atom is -0.488 e.